The van der Waals surface area contributed by atoms with Crippen molar-refractivity contribution in [3.63, 3.8) is 0 Å². The summed E-state index contributed by atoms with van der Waals surface area (Å²) in [6.07, 6.45) is 42.1. The van der Waals surface area contributed by atoms with Crippen LogP contribution in [0.15, 0.2) is 301 Å². The third kappa shape index (κ3) is 15.6. The lowest BCUT2D eigenvalue weighted by Gasteiger charge is -2.43. The number of benzene rings is 6. The summed E-state index contributed by atoms with van der Waals surface area (Å²) in [4.78, 5) is 66.5. The highest BCUT2D eigenvalue weighted by molar-refractivity contribution is 8.00. The number of pyridine rings is 2. The molecular formula is C104H99ClN24S7. The Morgan fingerprint density at radius 1 is 0.360 bits per heavy atom. The maximum absolute atomic E-state index is 6.78. The van der Waals surface area contributed by atoms with Gasteiger partial charge in [0, 0.05) is 200 Å². The van der Waals surface area contributed by atoms with Gasteiger partial charge in [0.05, 0.1) is 45.2 Å². The fraction of sp³-hybridized carbons (Fsp3) is 0.279. The number of nitrogens with two attached hydrogens (primary N) is 4. The first-order chi connectivity index (χ1) is 66.7. The van der Waals surface area contributed by atoms with Gasteiger partial charge in [0.2, 0.25) is 23.8 Å². The van der Waals surface area contributed by atoms with Gasteiger partial charge in [-0.25, -0.2) is 44.9 Å². The van der Waals surface area contributed by atoms with Crippen molar-refractivity contribution >= 4 is 175 Å². The number of hydrogen-bond acceptors (Lipinski definition) is 27. The molecule has 24 nitrogen and oxygen atoms in total. The molecule has 0 unspecified atom stereocenters. The zero-order valence-electron chi connectivity index (χ0n) is 74.8. The molecule has 8 aliphatic rings. The summed E-state index contributed by atoms with van der Waals surface area (Å²) in [6.45, 7) is 7.66. The maximum atomic E-state index is 6.78. The van der Waals surface area contributed by atoms with Crippen LogP contribution in [0.4, 0.5) is 29.5 Å². The molecule has 684 valence electrons. The summed E-state index contributed by atoms with van der Waals surface area (Å²) in [5.74, 6) is 3.84. The van der Waals surface area contributed by atoms with E-state index in [1.807, 2.05) is 111 Å². The van der Waals surface area contributed by atoms with Crippen molar-refractivity contribution in [2.24, 2.45) is 38.9 Å². The molecule has 4 spiro atoms. The van der Waals surface area contributed by atoms with Crippen LogP contribution >= 0.6 is 92.9 Å². The second kappa shape index (κ2) is 36.1. The van der Waals surface area contributed by atoms with Gasteiger partial charge in [0.15, 0.2) is 22.6 Å². The zero-order chi connectivity index (χ0) is 91.4. The average molecular weight is 1950 g/mol. The van der Waals surface area contributed by atoms with Crippen molar-refractivity contribution in [1.29, 1.82) is 0 Å². The van der Waals surface area contributed by atoms with Gasteiger partial charge in [-0.05, 0) is 215 Å². The number of rotatable bonds is 13. The van der Waals surface area contributed by atoms with Crippen LogP contribution in [0.5, 0.6) is 0 Å². The van der Waals surface area contributed by atoms with Crippen molar-refractivity contribution in [2.75, 3.05) is 84.7 Å². The molecule has 0 bridgehead atoms. The second-order valence-corrected chi connectivity index (χ2v) is 44.5. The van der Waals surface area contributed by atoms with Crippen molar-refractivity contribution in [1.82, 2.24) is 77.1 Å². The lowest BCUT2D eigenvalue weighted by atomic mass is 9.73. The third-order valence-electron chi connectivity index (χ3n) is 30.1. The fourth-order valence-electron chi connectivity index (χ4n) is 22.9. The smallest absolute Gasteiger partial charge is 0.211 e. The van der Waals surface area contributed by atoms with E-state index in [2.05, 4.69) is 219 Å². The van der Waals surface area contributed by atoms with E-state index in [-0.39, 0.29) is 39.8 Å². The first-order valence-corrected chi connectivity index (χ1v) is 52.7. The largest absolute Gasteiger partial charge is 0.397 e. The lowest BCUT2D eigenvalue weighted by Crippen LogP contribution is -2.45. The summed E-state index contributed by atoms with van der Waals surface area (Å²) in [5.41, 5.74) is 43.7. The number of piperidine rings is 4. The third-order valence-corrected chi connectivity index (χ3v) is 37.8. The van der Waals surface area contributed by atoms with Gasteiger partial charge in [0.1, 0.15) is 4.83 Å². The number of halogens is 1. The number of hydrogen-bond donors (Lipinski definition) is 5. The van der Waals surface area contributed by atoms with Crippen LogP contribution in [0.3, 0.4) is 0 Å². The Morgan fingerprint density at radius 3 is 1.21 bits per heavy atom. The minimum absolute atomic E-state index is 0.125. The van der Waals surface area contributed by atoms with Crippen LogP contribution < -0.4 is 47.9 Å². The number of nitrogens with one attached hydrogen (secondary N) is 1. The number of anilines is 5. The molecule has 4 atom stereocenters. The summed E-state index contributed by atoms with van der Waals surface area (Å²) >= 11 is 18.0. The fourth-order valence-corrected chi connectivity index (χ4v) is 29.7. The first kappa shape index (κ1) is 87.2. The van der Waals surface area contributed by atoms with Gasteiger partial charge in [-0.2, -0.15) is 4.37 Å². The predicted molar refractivity (Wildman–Crippen MR) is 552 cm³/mol. The topological polar surface area (TPSA) is 288 Å². The Labute approximate surface area is 820 Å². The Bertz CT molecular complexity index is 7150. The van der Waals surface area contributed by atoms with Gasteiger partial charge < -0.3 is 47.9 Å². The SMILES string of the molecule is CN[C@@H]1c2ccccc2CC12CCN(c1ncc(Sc3cccc(N)c3Cl)c3nccn13)CC2.N[C@@H]1c2ccccc2CC12CCN(c1ncc(Sc3cccc4cnsc34)c3nccn13)CC2.N[C@@H]1c2ccccc2CC12CCN(c1ncc(Sc3ccnc4ccsc34)c3nccn13)CC2.N[C@@H]1c2ccccc2CC12CCN(c1ncc(Sc3ccnc4sccc34)c3nccn13)CC2. The number of imidazole rings is 4. The minimum atomic E-state index is 0.125. The second-order valence-electron chi connectivity index (χ2n) is 37.2. The van der Waals surface area contributed by atoms with Crippen LogP contribution in [0.25, 0.3) is 53.1 Å². The highest BCUT2D eigenvalue weighted by Gasteiger charge is 2.51. The van der Waals surface area contributed by atoms with Gasteiger partial charge in [0.25, 0.3) is 0 Å². The Hall–Kier alpha value is -11.6. The molecule has 136 heavy (non-hydrogen) atoms. The molecule has 27 rings (SSSR count). The predicted octanol–water partition coefficient (Wildman–Crippen LogP) is 21.2. The monoisotopic (exact) mass is 1940 g/mol. The van der Waals surface area contributed by atoms with Gasteiger partial charge in [-0.15, -0.1) is 22.7 Å². The number of thiophene rings is 2. The lowest BCUT2D eigenvalue weighted by molar-refractivity contribution is 0.166. The molecular weight excluding hydrogens is 1850 g/mol. The van der Waals surface area contributed by atoms with Crippen LogP contribution in [0, 0.1) is 21.7 Å². The molecule has 0 radical (unpaired) electrons. The van der Waals surface area contributed by atoms with E-state index in [1.54, 1.807) is 69.7 Å². The molecule has 0 saturated carbocycles. The van der Waals surface area contributed by atoms with E-state index in [0.29, 0.717) is 16.8 Å². The van der Waals surface area contributed by atoms with E-state index in [4.69, 9.17) is 69.4 Å². The van der Waals surface area contributed by atoms with Crippen molar-refractivity contribution < 1.29 is 0 Å². The number of nitrogens with zero attached hydrogens (tertiary/aromatic N) is 19. The first-order valence-electron chi connectivity index (χ1n) is 46.5. The van der Waals surface area contributed by atoms with Gasteiger partial charge in [-0.3, -0.25) is 22.6 Å². The Morgan fingerprint density at radius 2 is 0.743 bits per heavy atom. The molecule has 13 aromatic heterocycles. The standard InChI is InChI=1S/C26H27ClN6S.3C26H24N6S2/c1-29-23-18-6-3-2-5-17(18)15-26(23)9-12-32(13-10-26)25-31-16-21(24-30-11-14-33(24)25)34-20-8-4-7-19(28)22(20)27;27-23-19-6-2-1-4-17(19)14-26(23)8-11-31(12-9-26)25-29-16-21(24-28-10-13-32(24)25)33-20-7-3-5-18-15-30-34-22(18)20;27-23-18-4-2-1-3-17(18)15-26(23)7-11-31(12-8-26)25-30-16-21(24-29-10-13-32(24)25)34-20-5-9-28-19-6-14-33-22(19)20;27-22-18-4-2-1-3-17(18)15-26(22)7-11-31(12-8-26)25-30-16-21(23-28-10-13-32(23)25)34-20-5-9-29-24-19(20)6-14-33-24/h2-8,11,14,16,23,29H,9-10,12-13,15,28H2,1H3;1-7,10,13,15-16,23H,8-9,11-12,14,27H2;1-6,9-10,13-14,16,23H,7-8,11-12,15,27H2;1-6,9-10,13-14,16,22H,7-8,11-12,15,27H2/t3*23-;22-/m1111/s1. The average Bonchev–Trinajstić information content (AvgIpc) is 1.60. The summed E-state index contributed by atoms with van der Waals surface area (Å²) < 4.78 is 15.3. The van der Waals surface area contributed by atoms with E-state index in [0.717, 1.165) is 211 Å². The number of nitrogen functional groups attached to an aromatic ring is 1. The number of aromatic nitrogens is 15. The molecule has 4 aliphatic carbocycles. The van der Waals surface area contributed by atoms with Crippen molar-refractivity contribution in [3.05, 3.63) is 311 Å². The maximum Gasteiger partial charge on any atom is 0.211 e. The molecule has 9 N–H and O–H groups in total. The van der Waals surface area contributed by atoms with Crippen LogP contribution in [-0.2, 0) is 25.7 Å². The van der Waals surface area contributed by atoms with E-state index in [9.17, 15) is 0 Å². The molecule has 0 amide bonds. The quantitative estimate of drug-likeness (QED) is 0.0670. The molecule has 19 aromatic rings. The van der Waals surface area contributed by atoms with E-state index >= 15 is 0 Å². The highest BCUT2D eigenvalue weighted by Crippen LogP contribution is 2.57. The molecule has 4 fully saturated rings. The molecule has 32 heteroatoms. The van der Waals surface area contributed by atoms with E-state index in [1.165, 1.54) is 90.9 Å². The van der Waals surface area contributed by atoms with Crippen LogP contribution in [0.2, 0.25) is 5.02 Å². The minimum Gasteiger partial charge on any atom is -0.397 e. The Kier molecular flexibility index (Phi) is 23.1. The van der Waals surface area contributed by atoms with Crippen molar-refractivity contribution in [2.45, 2.75) is 140 Å². The summed E-state index contributed by atoms with van der Waals surface area (Å²) in [6, 6.07) is 56.2. The van der Waals surface area contributed by atoms with Gasteiger partial charge >= 0.3 is 0 Å². The zero-order valence-corrected chi connectivity index (χ0v) is 81.3. The normalized spacial score (nSPS) is 19.3. The summed E-state index contributed by atoms with van der Waals surface area (Å²) in [5, 5.41) is 10.7. The summed E-state index contributed by atoms with van der Waals surface area (Å²) in [7, 11) is 2.10. The number of fused-ring (bicyclic) bond motifs is 11. The van der Waals surface area contributed by atoms with E-state index < -0.39 is 0 Å². The Balaban J connectivity index is 0.0000000991. The van der Waals surface area contributed by atoms with Gasteiger partial charge in [-0.1, -0.05) is 174 Å². The molecule has 6 aromatic carbocycles. The molecule has 17 heterocycles. The van der Waals surface area contributed by atoms with Crippen molar-refractivity contribution in [3.8, 4) is 0 Å². The molecule has 4 aliphatic heterocycles. The van der Waals surface area contributed by atoms with Crippen LogP contribution in [0.1, 0.15) is 120 Å². The van der Waals surface area contributed by atoms with Crippen LogP contribution in [-0.4, -0.2) is 131 Å². The molecule has 4 saturated heterocycles. The highest BCUT2D eigenvalue weighted by atomic mass is 35.5.